The summed E-state index contributed by atoms with van der Waals surface area (Å²) in [5, 5.41) is 1.86. The van der Waals surface area contributed by atoms with Gasteiger partial charge in [0.05, 0.1) is 23.8 Å². The molecular weight excluding hydrogens is 352 g/mol. The summed E-state index contributed by atoms with van der Waals surface area (Å²) >= 11 is 6.33. The summed E-state index contributed by atoms with van der Waals surface area (Å²) in [6.45, 7) is 2.19. The zero-order chi connectivity index (χ0) is 18.3. The maximum Gasteiger partial charge on any atom is 0.336 e. The smallest absolute Gasteiger partial charge is 0.336 e. The Morgan fingerprint density at radius 1 is 1.08 bits per heavy atom. The molecule has 0 spiro atoms. The van der Waals surface area contributed by atoms with Crippen LogP contribution in [0.5, 0.6) is 0 Å². The van der Waals surface area contributed by atoms with Crippen LogP contribution < -0.4 is 11.2 Å². The molecule has 130 valence electrons. The number of fused-ring (bicyclic) bond motifs is 2. The van der Waals surface area contributed by atoms with Crippen molar-refractivity contribution in [2.75, 3.05) is 0 Å². The lowest BCUT2D eigenvalue weighted by molar-refractivity contribution is 0.557. The molecule has 0 bridgehead atoms. The van der Waals surface area contributed by atoms with Crippen molar-refractivity contribution in [3.05, 3.63) is 85.7 Å². The Bertz CT molecular complexity index is 1260. The van der Waals surface area contributed by atoms with E-state index in [1.165, 1.54) is 17.0 Å². The van der Waals surface area contributed by atoms with Crippen molar-refractivity contribution >= 4 is 33.5 Å². The average molecular weight is 367 g/mol. The van der Waals surface area contributed by atoms with E-state index in [0.717, 1.165) is 12.0 Å². The Kier molecular flexibility index (Phi) is 4.09. The molecule has 0 radical (unpaired) electrons. The predicted octanol–water partition coefficient (Wildman–Crippen LogP) is 3.77. The van der Waals surface area contributed by atoms with Crippen molar-refractivity contribution in [2.24, 2.45) is 0 Å². The lowest BCUT2D eigenvalue weighted by atomic mass is 10.1. The van der Waals surface area contributed by atoms with E-state index in [4.69, 9.17) is 16.0 Å². The first-order valence-electron chi connectivity index (χ1n) is 8.26. The van der Waals surface area contributed by atoms with Gasteiger partial charge in [0.2, 0.25) is 0 Å². The summed E-state index contributed by atoms with van der Waals surface area (Å²) < 4.78 is 6.81. The van der Waals surface area contributed by atoms with Gasteiger partial charge in [-0.25, -0.2) is 9.78 Å². The molecule has 4 rings (SSSR count). The third kappa shape index (κ3) is 2.80. The molecule has 0 aliphatic rings. The van der Waals surface area contributed by atoms with Gasteiger partial charge in [-0.1, -0.05) is 30.7 Å². The van der Waals surface area contributed by atoms with Crippen LogP contribution in [0.25, 0.3) is 21.9 Å². The van der Waals surface area contributed by atoms with Gasteiger partial charge in [-0.2, -0.15) is 0 Å². The van der Waals surface area contributed by atoms with Gasteiger partial charge >= 0.3 is 5.63 Å². The summed E-state index contributed by atoms with van der Waals surface area (Å²) in [5.41, 5.74) is 2.06. The van der Waals surface area contributed by atoms with Gasteiger partial charge in [-0.3, -0.25) is 9.36 Å². The molecule has 6 heteroatoms. The highest BCUT2D eigenvalue weighted by molar-refractivity contribution is 6.32. The number of para-hydroxylation sites is 1. The van der Waals surface area contributed by atoms with Crippen molar-refractivity contribution in [2.45, 2.75) is 19.9 Å². The number of aryl methyl sites for hydroxylation is 1. The molecule has 0 fully saturated rings. The van der Waals surface area contributed by atoms with Crippen molar-refractivity contribution in [1.29, 1.82) is 0 Å². The van der Waals surface area contributed by atoms with E-state index in [1.54, 1.807) is 30.3 Å². The van der Waals surface area contributed by atoms with E-state index in [9.17, 15) is 9.59 Å². The first kappa shape index (κ1) is 16.5. The summed E-state index contributed by atoms with van der Waals surface area (Å²) in [6, 6.07) is 12.1. The number of hydrogen-bond acceptors (Lipinski definition) is 4. The van der Waals surface area contributed by atoms with Crippen LogP contribution in [-0.4, -0.2) is 9.55 Å². The van der Waals surface area contributed by atoms with Crippen LogP contribution in [0.15, 0.2) is 62.8 Å². The van der Waals surface area contributed by atoms with Crippen LogP contribution in [0.4, 0.5) is 0 Å². The molecule has 26 heavy (non-hydrogen) atoms. The quantitative estimate of drug-likeness (QED) is 0.518. The van der Waals surface area contributed by atoms with Gasteiger partial charge in [0.15, 0.2) is 0 Å². The highest BCUT2D eigenvalue weighted by Crippen LogP contribution is 2.26. The first-order chi connectivity index (χ1) is 12.6. The molecule has 5 nitrogen and oxygen atoms in total. The van der Waals surface area contributed by atoms with Crippen molar-refractivity contribution in [3.63, 3.8) is 0 Å². The largest absolute Gasteiger partial charge is 0.423 e. The minimum atomic E-state index is -0.460. The van der Waals surface area contributed by atoms with Crippen LogP contribution in [0.1, 0.15) is 18.1 Å². The molecular formula is C20H15ClN2O3. The Morgan fingerprint density at radius 2 is 1.88 bits per heavy atom. The number of halogens is 1. The summed E-state index contributed by atoms with van der Waals surface area (Å²) in [5.74, 6) is 0. The van der Waals surface area contributed by atoms with E-state index in [1.807, 2.05) is 13.0 Å². The van der Waals surface area contributed by atoms with E-state index in [2.05, 4.69) is 4.98 Å². The van der Waals surface area contributed by atoms with Gasteiger partial charge in [0, 0.05) is 16.5 Å². The molecule has 0 aliphatic heterocycles. The van der Waals surface area contributed by atoms with Crippen LogP contribution in [0.2, 0.25) is 5.02 Å². The minimum Gasteiger partial charge on any atom is -0.423 e. The molecule has 2 heterocycles. The highest BCUT2D eigenvalue weighted by Gasteiger charge is 2.11. The second-order valence-corrected chi connectivity index (χ2v) is 6.49. The van der Waals surface area contributed by atoms with Gasteiger partial charge in [-0.15, -0.1) is 0 Å². The Morgan fingerprint density at radius 3 is 2.69 bits per heavy atom. The fourth-order valence-electron chi connectivity index (χ4n) is 3.09. The molecule has 0 N–H and O–H groups in total. The molecule has 2 aromatic carbocycles. The van der Waals surface area contributed by atoms with E-state index in [0.29, 0.717) is 32.5 Å². The maximum absolute atomic E-state index is 12.7. The van der Waals surface area contributed by atoms with Crippen LogP contribution >= 0.6 is 11.6 Å². The summed E-state index contributed by atoms with van der Waals surface area (Å²) in [7, 11) is 0. The normalized spacial score (nSPS) is 11.3. The molecule has 0 atom stereocenters. The fraction of sp³-hybridized carbons (Fsp3) is 0.150. The van der Waals surface area contributed by atoms with Crippen LogP contribution in [-0.2, 0) is 13.0 Å². The molecule has 0 unspecified atom stereocenters. The van der Waals surface area contributed by atoms with Gasteiger partial charge in [-0.05, 0) is 41.8 Å². The predicted molar refractivity (Wildman–Crippen MR) is 102 cm³/mol. The van der Waals surface area contributed by atoms with Gasteiger partial charge in [0.1, 0.15) is 5.58 Å². The minimum absolute atomic E-state index is 0.159. The van der Waals surface area contributed by atoms with E-state index >= 15 is 0 Å². The SMILES string of the molecule is CCc1cc2oc(=O)cc(Cn3cnc4ccccc4c3=O)c2cc1Cl. The van der Waals surface area contributed by atoms with E-state index < -0.39 is 5.63 Å². The third-order valence-electron chi connectivity index (χ3n) is 4.45. The molecule has 0 amide bonds. The zero-order valence-electron chi connectivity index (χ0n) is 14.0. The topological polar surface area (TPSA) is 65.1 Å². The fourth-order valence-corrected chi connectivity index (χ4v) is 3.39. The lowest BCUT2D eigenvalue weighted by Gasteiger charge is -2.10. The Hall–Kier alpha value is -2.92. The lowest BCUT2D eigenvalue weighted by Crippen LogP contribution is -2.21. The number of hydrogen-bond donors (Lipinski definition) is 0. The van der Waals surface area contributed by atoms with Crippen LogP contribution in [0, 0.1) is 0 Å². The molecule has 0 aliphatic carbocycles. The van der Waals surface area contributed by atoms with Crippen LogP contribution in [0.3, 0.4) is 0 Å². The monoisotopic (exact) mass is 366 g/mol. The van der Waals surface area contributed by atoms with Gasteiger partial charge < -0.3 is 4.42 Å². The Balaban J connectivity index is 1.90. The first-order valence-corrected chi connectivity index (χ1v) is 8.64. The summed E-state index contributed by atoms with van der Waals surface area (Å²) in [4.78, 5) is 29.0. The second-order valence-electron chi connectivity index (χ2n) is 6.08. The summed E-state index contributed by atoms with van der Waals surface area (Å²) in [6.07, 6.45) is 2.23. The van der Waals surface area contributed by atoms with E-state index in [-0.39, 0.29) is 12.1 Å². The molecule has 0 saturated heterocycles. The average Bonchev–Trinajstić information content (AvgIpc) is 2.64. The maximum atomic E-state index is 12.7. The van der Waals surface area contributed by atoms with Crippen molar-refractivity contribution in [1.82, 2.24) is 9.55 Å². The second kappa shape index (κ2) is 6.42. The van der Waals surface area contributed by atoms with Gasteiger partial charge in [0.25, 0.3) is 5.56 Å². The zero-order valence-corrected chi connectivity index (χ0v) is 14.8. The molecule has 0 saturated carbocycles. The number of nitrogens with zero attached hydrogens (tertiary/aromatic N) is 2. The third-order valence-corrected chi connectivity index (χ3v) is 4.80. The Labute approximate surface area is 153 Å². The number of aromatic nitrogens is 2. The van der Waals surface area contributed by atoms with Crippen molar-refractivity contribution < 1.29 is 4.42 Å². The number of benzene rings is 2. The van der Waals surface area contributed by atoms with Crippen molar-refractivity contribution in [3.8, 4) is 0 Å². The molecule has 4 aromatic rings. The molecule has 2 aromatic heterocycles. The number of rotatable bonds is 3. The standard InChI is InChI=1S/C20H15ClN2O3/c1-2-12-7-18-15(9-16(12)21)13(8-19(24)26-18)10-23-11-22-17-6-4-3-5-14(17)20(23)25/h3-9,11H,2,10H2,1H3. The highest BCUT2D eigenvalue weighted by atomic mass is 35.5.